The van der Waals surface area contributed by atoms with Gasteiger partial charge in [0, 0.05) is 12.4 Å². The lowest BCUT2D eigenvalue weighted by molar-refractivity contribution is 0.0162. The highest BCUT2D eigenvalue weighted by Gasteiger charge is 2.33. The Labute approximate surface area is 76.8 Å². The standard InChI is InChI=1S/C8H14N2OS/c1-5-2-11-3-7-6(5)4-12-8(9)10-7/h5-7H,2-4H2,1H3,(H2,9,10)/t5-,6+,7+/m0/s1. The van der Waals surface area contributed by atoms with Crippen LogP contribution < -0.4 is 5.73 Å². The van der Waals surface area contributed by atoms with Crippen LogP contribution in [0.2, 0.25) is 0 Å². The molecule has 1 fully saturated rings. The second-order valence-electron chi connectivity index (χ2n) is 3.52. The molecule has 0 aromatic heterocycles. The van der Waals surface area contributed by atoms with Crippen molar-refractivity contribution in [3.63, 3.8) is 0 Å². The number of thioether (sulfide) groups is 1. The highest BCUT2D eigenvalue weighted by molar-refractivity contribution is 8.13. The first-order valence-corrected chi connectivity index (χ1v) is 5.29. The Kier molecular flexibility index (Phi) is 2.28. The van der Waals surface area contributed by atoms with Gasteiger partial charge in [0.25, 0.3) is 0 Å². The van der Waals surface area contributed by atoms with Gasteiger partial charge in [0.15, 0.2) is 5.17 Å². The van der Waals surface area contributed by atoms with Crippen molar-refractivity contribution in [1.29, 1.82) is 0 Å². The molecule has 12 heavy (non-hydrogen) atoms. The van der Waals surface area contributed by atoms with Gasteiger partial charge in [-0.3, -0.25) is 4.99 Å². The number of nitrogens with two attached hydrogens (primary N) is 1. The van der Waals surface area contributed by atoms with Crippen molar-refractivity contribution in [1.82, 2.24) is 0 Å². The molecule has 0 unspecified atom stereocenters. The van der Waals surface area contributed by atoms with E-state index < -0.39 is 0 Å². The summed E-state index contributed by atoms with van der Waals surface area (Å²) in [6.07, 6.45) is 0. The third-order valence-corrected chi connectivity index (χ3v) is 3.56. The number of amidine groups is 1. The number of nitrogens with zero attached hydrogens (tertiary/aromatic N) is 1. The molecule has 0 spiro atoms. The second kappa shape index (κ2) is 3.26. The average molecular weight is 186 g/mol. The Balaban J connectivity index is 2.12. The summed E-state index contributed by atoms with van der Waals surface area (Å²) in [5.41, 5.74) is 5.64. The number of ether oxygens (including phenoxy) is 1. The lowest BCUT2D eigenvalue weighted by Crippen LogP contribution is -2.42. The zero-order valence-corrected chi connectivity index (χ0v) is 8.01. The van der Waals surface area contributed by atoms with E-state index in [1.807, 2.05) is 0 Å². The van der Waals surface area contributed by atoms with E-state index in [0.29, 0.717) is 17.9 Å². The van der Waals surface area contributed by atoms with Crippen molar-refractivity contribution in [3.05, 3.63) is 0 Å². The Morgan fingerprint density at radius 1 is 1.58 bits per heavy atom. The molecule has 0 bridgehead atoms. The van der Waals surface area contributed by atoms with Crippen LogP contribution >= 0.6 is 11.8 Å². The number of rotatable bonds is 0. The maximum atomic E-state index is 5.64. The summed E-state index contributed by atoms with van der Waals surface area (Å²) in [5, 5.41) is 0.731. The van der Waals surface area contributed by atoms with E-state index >= 15 is 0 Å². The zero-order valence-electron chi connectivity index (χ0n) is 7.19. The molecular formula is C8H14N2OS. The fourth-order valence-corrected chi connectivity index (χ4v) is 2.92. The van der Waals surface area contributed by atoms with Crippen LogP contribution in [0.4, 0.5) is 0 Å². The highest BCUT2D eigenvalue weighted by atomic mass is 32.2. The molecule has 2 aliphatic rings. The summed E-state index contributed by atoms with van der Waals surface area (Å²) >= 11 is 1.68. The van der Waals surface area contributed by atoms with Crippen molar-refractivity contribution in [2.75, 3.05) is 19.0 Å². The molecule has 2 rings (SSSR count). The maximum Gasteiger partial charge on any atom is 0.154 e. The van der Waals surface area contributed by atoms with Crippen molar-refractivity contribution in [2.24, 2.45) is 22.6 Å². The molecular weight excluding hydrogens is 172 g/mol. The van der Waals surface area contributed by atoms with Crippen molar-refractivity contribution in [2.45, 2.75) is 13.0 Å². The lowest BCUT2D eigenvalue weighted by Gasteiger charge is -2.36. The molecule has 4 heteroatoms. The number of hydrogen-bond acceptors (Lipinski definition) is 4. The first-order valence-electron chi connectivity index (χ1n) is 4.31. The molecule has 68 valence electrons. The topological polar surface area (TPSA) is 47.6 Å². The molecule has 0 aromatic rings. The van der Waals surface area contributed by atoms with E-state index in [0.717, 1.165) is 24.1 Å². The van der Waals surface area contributed by atoms with Crippen molar-refractivity contribution in [3.8, 4) is 0 Å². The van der Waals surface area contributed by atoms with Crippen LogP contribution in [-0.2, 0) is 4.74 Å². The van der Waals surface area contributed by atoms with Gasteiger partial charge in [0.1, 0.15) is 0 Å². The van der Waals surface area contributed by atoms with E-state index in [4.69, 9.17) is 10.5 Å². The fraction of sp³-hybridized carbons (Fsp3) is 0.875. The summed E-state index contributed by atoms with van der Waals surface area (Å²) < 4.78 is 5.43. The molecule has 0 aliphatic carbocycles. The minimum Gasteiger partial charge on any atom is -0.379 e. The third kappa shape index (κ3) is 1.45. The maximum absolute atomic E-state index is 5.64. The van der Waals surface area contributed by atoms with Crippen LogP contribution in [0, 0.1) is 11.8 Å². The van der Waals surface area contributed by atoms with Gasteiger partial charge in [-0.15, -0.1) is 0 Å². The highest BCUT2D eigenvalue weighted by Crippen LogP contribution is 2.31. The Bertz CT molecular complexity index is 207. The fourth-order valence-electron chi connectivity index (χ4n) is 1.79. The largest absolute Gasteiger partial charge is 0.379 e. The van der Waals surface area contributed by atoms with Gasteiger partial charge in [-0.2, -0.15) is 0 Å². The van der Waals surface area contributed by atoms with Crippen molar-refractivity contribution >= 4 is 16.9 Å². The molecule has 2 aliphatic heterocycles. The summed E-state index contributed by atoms with van der Waals surface area (Å²) in [7, 11) is 0. The summed E-state index contributed by atoms with van der Waals surface area (Å²) in [5.74, 6) is 2.42. The first-order chi connectivity index (χ1) is 5.77. The number of aliphatic imine (C=N–C) groups is 1. The van der Waals surface area contributed by atoms with Gasteiger partial charge in [-0.1, -0.05) is 18.7 Å². The Morgan fingerprint density at radius 3 is 3.25 bits per heavy atom. The Morgan fingerprint density at radius 2 is 2.42 bits per heavy atom. The van der Waals surface area contributed by atoms with Gasteiger partial charge in [-0.25, -0.2) is 0 Å². The first kappa shape index (κ1) is 8.38. The van der Waals surface area contributed by atoms with Gasteiger partial charge < -0.3 is 10.5 Å². The van der Waals surface area contributed by atoms with Crippen LogP contribution in [0.5, 0.6) is 0 Å². The molecule has 0 radical (unpaired) electrons. The molecule has 1 saturated heterocycles. The monoisotopic (exact) mass is 186 g/mol. The minimum atomic E-state index is 0.329. The summed E-state index contributed by atoms with van der Waals surface area (Å²) in [4.78, 5) is 4.39. The molecule has 0 saturated carbocycles. The lowest BCUT2D eigenvalue weighted by atomic mass is 9.88. The van der Waals surface area contributed by atoms with Crippen LogP contribution in [-0.4, -0.2) is 30.2 Å². The van der Waals surface area contributed by atoms with E-state index in [2.05, 4.69) is 11.9 Å². The third-order valence-electron chi connectivity index (χ3n) is 2.61. The van der Waals surface area contributed by atoms with E-state index in [9.17, 15) is 0 Å². The molecule has 3 atom stereocenters. The summed E-state index contributed by atoms with van der Waals surface area (Å²) in [6.45, 7) is 3.88. The quantitative estimate of drug-likeness (QED) is 0.606. The zero-order chi connectivity index (χ0) is 8.55. The van der Waals surface area contributed by atoms with E-state index in [1.54, 1.807) is 11.8 Å². The van der Waals surface area contributed by atoms with Gasteiger partial charge >= 0.3 is 0 Å². The van der Waals surface area contributed by atoms with E-state index in [1.165, 1.54) is 0 Å². The predicted octanol–water partition coefficient (Wildman–Crippen LogP) is 0.699. The Hall–Kier alpha value is -0.220. The van der Waals surface area contributed by atoms with Crippen LogP contribution in [0.25, 0.3) is 0 Å². The van der Waals surface area contributed by atoms with Crippen LogP contribution in [0.15, 0.2) is 4.99 Å². The number of fused-ring (bicyclic) bond motifs is 1. The van der Waals surface area contributed by atoms with Crippen LogP contribution in [0.3, 0.4) is 0 Å². The predicted molar refractivity (Wildman–Crippen MR) is 51.3 cm³/mol. The smallest absolute Gasteiger partial charge is 0.154 e. The second-order valence-corrected chi connectivity index (χ2v) is 4.56. The normalized spacial score (nSPS) is 41.8. The minimum absolute atomic E-state index is 0.329. The molecule has 2 N–H and O–H groups in total. The van der Waals surface area contributed by atoms with Gasteiger partial charge in [0.05, 0.1) is 12.6 Å². The SMILES string of the molecule is C[C@H]1COC[C@H]2N=C(N)SC[C@H]12. The molecule has 3 nitrogen and oxygen atoms in total. The number of hydrogen-bond donors (Lipinski definition) is 1. The molecule has 2 heterocycles. The van der Waals surface area contributed by atoms with Crippen LogP contribution in [0.1, 0.15) is 6.92 Å². The molecule has 0 aromatic carbocycles. The van der Waals surface area contributed by atoms with Gasteiger partial charge in [-0.05, 0) is 11.8 Å². The molecule has 0 amide bonds. The van der Waals surface area contributed by atoms with E-state index in [-0.39, 0.29) is 0 Å². The summed E-state index contributed by atoms with van der Waals surface area (Å²) in [6, 6.07) is 0.329. The van der Waals surface area contributed by atoms with Crippen molar-refractivity contribution < 1.29 is 4.74 Å². The average Bonchev–Trinajstić information content (AvgIpc) is 2.04. The van der Waals surface area contributed by atoms with Gasteiger partial charge in [0.2, 0.25) is 0 Å².